The zero-order chi connectivity index (χ0) is 26.2. The molecule has 0 saturated heterocycles. The van der Waals surface area contributed by atoms with E-state index in [-0.39, 0.29) is 0 Å². The van der Waals surface area contributed by atoms with Crippen LogP contribution in [0.4, 0.5) is 0 Å². The third-order valence-corrected chi connectivity index (χ3v) is 8.33. The minimum atomic E-state index is -3.00. The lowest BCUT2D eigenvalue weighted by atomic mass is 10.0. The highest BCUT2D eigenvalue weighted by Crippen LogP contribution is 2.51. The monoisotopic (exact) mass is 533 g/mol. The van der Waals surface area contributed by atoms with E-state index < -0.39 is 15.9 Å². The van der Waals surface area contributed by atoms with Gasteiger partial charge in [-0.2, -0.15) is 0 Å². The van der Waals surface area contributed by atoms with E-state index in [0.717, 1.165) is 12.0 Å². The summed E-state index contributed by atoms with van der Waals surface area (Å²) in [6.07, 6.45) is 15.2. The highest BCUT2D eigenvalue weighted by molar-refractivity contribution is 7.53. The number of benzene rings is 1. The molecule has 1 aromatic rings. The van der Waals surface area contributed by atoms with Gasteiger partial charge in [-0.05, 0) is 51.7 Å². The summed E-state index contributed by atoms with van der Waals surface area (Å²) >= 11 is 0. The first-order valence-corrected chi connectivity index (χ1v) is 16.5. The largest absolute Gasteiger partial charge is 0.697 e. The first-order chi connectivity index (χ1) is 16.9. The van der Waals surface area contributed by atoms with E-state index in [9.17, 15) is 9.13 Å². The van der Waals surface area contributed by atoms with Gasteiger partial charge in [0, 0.05) is 4.57 Å². The van der Waals surface area contributed by atoms with Crippen molar-refractivity contribution in [1.29, 1.82) is 0 Å². The van der Waals surface area contributed by atoms with Gasteiger partial charge in [0.2, 0.25) is 0 Å². The molecule has 1 aromatic carbocycles. The number of unbranched alkanes of at least 4 members (excludes halogenated alkanes) is 9. The molecule has 0 aromatic heterocycles. The number of hydrogen-bond donors (Lipinski definition) is 0. The van der Waals surface area contributed by atoms with Crippen molar-refractivity contribution in [3.8, 4) is 0 Å². The number of aryl methyl sites for hydroxylation is 1. The van der Waals surface area contributed by atoms with Crippen LogP contribution in [-0.2, 0) is 39.8 Å². The second-order valence-electron chi connectivity index (χ2n) is 8.41. The SMILES string of the molecule is CCCCCCCCCCCCc1ccc(CP(=O)(OCC)OCC)cc1.CCO[P+](=O)OCC. The summed E-state index contributed by atoms with van der Waals surface area (Å²) in [5.41, 5.74) is 2.38. The van der Waals surface area contributed by atoms with Gasteiger partial charge in [-0.3, -0.25) is 4.57 Å². The fraction of sp³-hybridized carbons (Fsp3) is 0.778. The summed E-state index contributed by atoms with van der Waals surface area (Å²) in [6.45, 7) is 11.2. The first kappa shape index (κ1) is 34.4. The second-order valence-corrected chi connectivity index (χ2v) is 11.4. The quantitative estimate of drug-likeness (QED) is 0.116. The summed E-state index contributed by atoms with van der Waals surface area (Å²) in [7, 11) is -4.83. The molecule has 0 saturated carbocycles. The summed E-state index contributed by atoms with van der Waals surface area (Å²) in [4.78, 5) is 0. The molecule has 0 aliphatic heterocycles. The molecule has 0 amide bonds. The van der Waals surface area contributed by atoms with Crippen molar-refractivity contribution < 1.29 is 27.2 Å². The van der Waals surface area contributed by atoms with Crippen LogP contribution >= 0.6 is 15.9 Å². The van der Waals surface area contributed by atoms with Crippen LogP contribution in [-0.4, -0.2) is 26.4 Å². The molecular formula is C27H51O6P2+. The summed E-state index contributed by atoms with van der Waals surface area (Å²) in [6, 6.07) is 8.45. The van der Waals surface area contributed by atoms with Crippen molar-refractivity contribution in [1.82, 2.24) is 0 Å². The van der Waals surface area contributed by atoms with Gasteiger partial charge in [0.1, 0.15) is 13.2 Å². The molecule has 6 nitrogen and oxygen atoms in total. The topological polar surface area (TPSA) is 71.1 Å². The van der Waals surface area contributed by atoms with E-state index in [2.05, 4.69) is 40.2 Å². The zero-order valence-electron chi connectivity index (χ0n) is 23.0. The van der Waals surface area contributed by atoms with Crippen molar-refractivity contribution in [2.75, 3.05) is 26.4 Å². The Kier molecular flexibility index (Phi) is 23.4. The maximum absolute atomic E-state index is 12.6. The van der Waals surface area contributed by atoms with Crippen molar-refractivity contribution >= 4 is 15.9 Å². The average Bonchev–Trinajstić information content (AvgIpc) is 2.82. The Morgan fingerprint density at radius 2 is 1.06 bits per heavy atom. The van der Waals surface area contributed by atoms with E-state index in [0.29, 0.717) is 32.6 Å². The lowest BCUT2D eigenvalue weighted by molar-refractivity contribution is 0.219. The van der Waals surface area contributed by atoms with Crippen molar-refractivity contribution in [2.45, 2.75) is 111 Å². The maximum Gasteiger partial charge on any atom is 0.697 e. The van der Waals surface area contributed by atoms with E-state index in [1.165, 1.54) is 69.8 Å². The van der Waals surface area contributed by atoms with Gasteiger partial charge in [0.05, 0.1) is 19.4 Å². The Bertz CT molecular complexity index is 648. The minimum Gasteiger partial charge on any atom is -0.309 e. The first-order valence-electron chi connectivity index (χ1n) is 13.6. The molecule has 0 unspecified atom stereocenters. The fourth-order valence-electron chi connectivity index (χ4n) is 3.62. The highest BCUT2D eigenvalue weighted by atomic mass is 31.2. The Morgan fingerprint density at radius 3 is 1.49 bits per heavy atom. The maximum atomic E-state index is 12.6. The summed E-state index contributed by atoms with van der Waals surface area (Å²) in [5, 5.41) is 0. The molecule has 35 heavy (non-hydrogen) atoms. The predicted molar refractivity (Wildman–Crippen MR) is 147 cm³/mol. The third-order valence-electron chi connectivity index (χ3n) is 5.34. The molecule has 0 aliphatic carbocycles. The normalized spacial score (nSPS) is 11.2. The summed E-state index contributed by atoms with van der Waals surface area (Å²) < 4.78 is 42.8. The molecular weight excluding hydrogens is 482 g/mol. The van der Waals surface area contributed by atoms with Crippen LogP contribution in [0.3, 0.4) is 0 Å². The number of hydrogen-bond acceptors (Lipinski definition) is 6. The molecule has 0 atom stereocenters. The molecule has 0 spiro atoms. The van der Waals surface area contributed by atoms with Gasteiger partial charge in [0.25, 0.3) is 0 Å². The van der Waals surface area contributed by atoms with Crippen LogP contribution in [0.25, 0.3) is 0 Å². The van der Waals surface area contributed by atoms with E-state index in [1.54, 1.807) is 13.8 Å². The van der Waals surface area contributed by atoms with Crippen LogP contribution in [0.15, 0.2) is 24.3 Å². The lowest BCUT2D eigenvalue weighted by Crippen LogP contribution is -1.99. The third kappa shape index (κ3) is 20.2. The second kappa shape index (κ2) is 23.8. The van der Waals surface area contributed by atoms with Gasteiger partial charge in [-0.15, -0.1) is 9.05 Å². The molecule has 0 heterocycles. The minimum absolute atomic E-state index is 0.354. The standard InChI is InChI=1S/C23H41O3P.C4H10O3P/c1-4-7-8-9-10-11-12-13-14-15-16-22-17-19-23(20-18-22)21-27(24,25-5-2)26-6-3;1-3-6-8(5)7-4-2/h17-20H,4-16,21H2,1-3H3;3-4H2,1-2H3/q;+1. The van der Waals surface area contributed by atoms with Gasteiger partial charge in [0.15, 0.2) is 0 Å². The van der Waals surface area contributed by atoms with Crippen LogP contribution in [0.2, 0.25) is 0 Å². The van der Waals surface area contributed by atoms with Crippen molar-refractivity contribution in [3.05, 3.63) is 35.4 Å². The molecule has 204 valence electrons. The Balaban J connectivity index is 0.00000124. The van der Waals surface area contributed by atoms with Crippen molar-refractivity contribution in [2.24, 2.45) is 0 Å². The smallest absolute Gasteiger partial charge is 0.309 e. The van der Waals surface area contributed by atoms with Gasteiger partial charge >= 0.3 is 15.9 Å². The van der Waals surface area contributed by atoms with E-state index in [4.69, 9.17) is 9.05 Å². The highest BCUT2D eigenvalue weighted by Gasteiger charge is 2.23. The molecule has 0 radical (unpaired) electrons. The molecule has 0 fully saturated rings. The van der Waals surface area contributed by atoms with Gasteiger partial charge in [-0.25, -0.2) is 0 Å². The van der Waals surface area contributed by atoms with Crippen LogP contribution in [0, 0.1) is 0 Å². The van der Waals surface area contributed by atoms with Gasteiger partial charge in [-0.1, -0.05) is 89.0 Å². The molecule has 0 bridgehead atoms. The molecule has 8 heteroatoms. The van der Waals surface area contributed by atoms with E-state index >= 15 is 0 Å². The Hall–Kier alpha value is -0.610. The van der Waals surface area contributed by atoms with Crippen LogP contribution in [0.1, 0.15) is 110 Å². The molecule has 0 N–H and O–H groups in total. The average molecular weight is 534 g/mol. The Morgan fingerprint density at radius 1 is 0.629 bits per heavy atom. The predicted octanol–water partition coefficient (Wildman–Crippen LogP) is 9.63. The lowest BCUT2D eigenvalue weighted by Gasteiger charge is -2.17. The van der Waals surface area contributed by atoms with E-state index in [1.807, 2.05) is 13.8 Å². The van der Waals surface area contributed by atoms with Crippen LogP contribution < -0.4 is 0 Å². The van der Waals surface area contributed by atoms with Gasteiger partial charge < -0.3 is 9.05 Å². The molecule has 0 aliphatic rings. The zero-order valence-corrected chi connectivity index (χ0v) is 24.8. The van der Waals surface area contributed by atoms with Crippen LogP contribution in [0.5, 0.6) is 0 Å². The molecule has 1 rings (SSSR count). The van der Waals surface area contributed by atoms with Crippen molar-refractivity contribution in [3.63, 3.8) is 0 Å². The Labute approximate surface area is 216 Å². The number of rotatable bonds is 21. The summed E-state index contributed by atoms with van der Waals surface area (Å²) in [5.74, 6) is 0. The fourth-order valence-corrected chi connectivity index (χ4v) is 5.82.